The van der Waals surface area contributed by atoms with Crippen LogP contribution in [0.3, 0.4) is 0 Å². The molecular formula is C30H29NO8. The van der Waals surface area contributed by atoms with Gasteiger partial charge in [-0.25, -0.2) is 4.79 Å². The van der Waals surface area contributed by atoms with Crippen LogP contribution in [0.1, 0.15) is 42.5 Å². The first kappa shape index (κ1) is 28.5. The molecule has 0 spiro atoms. The molecule has 4 rings (SSSR count). The number of aromatic hydroxyl groups is 3. The van der Waals surface area contributed by atoms with Crippen LogP contribution in [-0.2, 0) is 11.2 Å². The number of rotatable bonds is 5. The molecule has 9 heteroatoms. The summed E-state index contributed by atoms with van der Waals surface area (Å²) in [6.45, 7) is 6.90. The summed E-state index contributed by atoms with van der Waals surface area (Å²) in [4.78, 5) is 34.6. The van der Waals surface area contributed by atoms with E-state index < -0.39 is 5.97 Å². The van der Waals surface area contributed by atoms with Crippen molar-refractivity contribution in [1.29, 1.82) is 0 Å². The fourth-order valence-electron chi connectivity index (χ4n) is 3.58. The molecule has 39 heavy (non-hydrogen) atoms. The van der Waals surface area contributed by atoms with E-state index in [0.717, 1.165) is 5.57 Å². The van der Waals surface area contributed by atoms with Crippen LogP contribution < -0.4 is 15.5 Å². The van der Waals surface area contributed by atoms with Gasteiger partial charge in [0.25, 0.3) is 0 Å². The molecule has 4 aromatic rings. The normalized spacial score (nSPS) is 10.3. The van der Waals surface area contributed by atoms with Crippen molar-refractivity contribution in [2.24, 2.45) is 0 Å². The van der Waals surface area contributed by atoms with Crippen LogP contribution >= 0.6 is 0 Å². The molecule has 1 aromatic heterocycles. The van der Waals surface area contributed by atoms with Gasteiger partial charge in [0, 0.05) is 30.3 Å². The second-order valence-electron chi connectivity index (χ2n) is 8.92. The zero-order valence-corrected chi connectivity index (χ0v) is 21.9. The number of anilines is 1. The first-order valence-electron chi connectivity index (χ1n) is 12.0. The van der Waals surface area contributed by atoms with Crippen molar-refractivity contribution in [2.75, 3.05) is 5.32 Å². The minimum atomic E-state index is -0.643. The van der Waals surface area contributed by atoms with Gasteiger partial charge in [-0.2, -0.15) is 0 Å². The highest BCUT2D eigenvalue weighted by Gasteiger charge is 2.16. The Morgan fingerprint density at radius 1 is 0.949 bits per heavy atom. The van der Waals surface area contributed by atoms with Gasteiger partial charge in [-0.3, -0.25) is 9.59 Å². The third kappa shape index (κ3) is 7.48. The maximum atomic E-state index is 11.9. The average molecular weight is 532 g/mol. The maximum absolute atomic E-state index is 11.9. The summed E-state index contributed by atoms with van der Waals surface area (Å²) in [5, 5.41) is 32.4. The molecule has 9 nitrogen and oxygen atoms in total. The van der Waals surface area contributed by atoms with Crippen molar-refractivity contribution in [1.82, 2.24) is 0 Å². The Kier molecular flexibility index (Phi) is 9.11. The molecule has 0 bridgehead atoms. The lowest BCUT2D eigenvalue weighted by atomic mass is 10.0. The molecule has 202 valence electrons. The molecule has 1 heterocycles. The molecule has 0 atom stereocenters. The molecule has 0 fully saturated rings. The van der Waals surface area contributed by atoms with Crippen molar-refractivity contribution in [2.45, 2.75) is 34.1 Å². The average Bonchev–Trinajstić information content (AvgIpc) is 2.84. The van der Waals surface area contributed by atoms with Gasteiger partial charge in [0.1, 0.15) is 45.3 Å². The number of benzene rings is 3. The van der Waals surface area contributed by atoms with Crippen LogP contribution in [0.5, 0.6) is 23.0 Å². The van der Waals surface area contributed by atoms with E-state index in [-0.39, 0.29) is 45.1 Å². The lowest BCUT2D eigenvalue weighted by Crippen LogP contribution is -2.09. The second-order valence-corrected chi connectivity index (χ2v) is 8.92. The van der Waals surface area contributed by atoms with E-state index >= 15 is 0 Å². The second kappa shape index (κ2) is 12.5. The number of hydrogen-bond acceptors (Lipinski definition) is 8. The van der Waals surface area contributed by atoms with Crippen LogP contribution in [0, 0.1) is 6.92 Å². The predicted molar refractivity (Wildman–Crippen MR) is 147 cm³/mol. The fraction of sp³-hybridized carbons (Fsp3) is 0.167. The van der Waals surface area contributed by atoms with Crippen molar-refractivity contribution in [3.8, 4) is 23.0 Å². The van der Waals surface area contributed by atoms with Gasteiger partial charge in [-0.05, 0) is 63.6 Å². The number of para-hydroxylation sites is 1. The van der Waals surface area contributed by atoms with Crippen LogP contribution in [0.2, 0.25) is 0 Å². The van der Waals surface area contributed by atoms with E-state index in [1.54, 1.807) is 43.3 Å². The molecule has 0 saturated heterocycles. The quantitative estimate of drug-likeness (QED) is 0.148. The van der Waals surface area contributed by atoms with Crippen molar-refractivity contribution >= 4 is 28.5 Å². The highest BCUT2D eigenvalue weighted by Crippen LogP contribution is 2.34. The van der Waals surface area contributed by atoms with Gasteiger partial charge in [0.2, 0.25) is 5.91 Å². The number of phenols is 3. The molecule has 0 aliphatic carbocycles. The Hall–Kier alpha value is -5.05. The molecule has 0 saturated carbocycles. The van der Waals surface area contributed by atoms with Crippen LogP contribution in [0.4, 0.5) is 5.69 Å². The summed E-state index contributed by atoms with van der Waals surface area (Å²) in [6.07, 6.45) is 2.24. The fourth-order valence-corrected chi connectivity index (χ4v) is 3.58. The number of esters is 1. The van der Waals surface area contributed by atoms with E-state index in [4.69, 9.17) is 9.15 Å². The molecule has 0 aliphatic rings. The van der Waals surface area contributed by atoms with Gasteiger partial charge in [-0.1, -0.05) is 23.8 Å². The van der Waals surface area contributed by atoms with Gasteiger partial charge >= 0.3 is 5.97 Å². The Bertz CT molecular complexity index is 1600. The van der Waals surface area contributed by atoms with Crippen molar-refractivity contribution < 1.29 is 34.1 Å². The van der Waals surface area contributed by atoms with E-state index in [0.29, 0.717) is 29.2 Å². The number of hydrogen-bond donors (Lipinski definition) is 4. The van der Waals surface area contributed by atoms with E-state index in [2.05, 4.69) is 5.32 Å². The largest absolute Gasteiger partial charge is 0.507 e. The smallest absolute Gasteiger partial charge is 0.347 e. The number of carbonyl (C=O) groups is 2. The standard InChI is InChI=1S/C15H13NO4.C15H16O4/c1-10(17)16-11-6-8-12(9-7-11)20-15(19)13-4-2-3-5-14(13)18;1-8(2)4-5-10-11(16)7-13-14(15(10)18)12(17)6-9(3)19-13/h2-9,18H,1H3,(H,16,17);4,6-7,16,18H,5H2,1-3H3. The number of amides is 1. The third-order valence-electron chi connectivity index (χ3n) is 5.42. The van der Waals surface area contributed by atoms with E-state index in [1.165, 1.54) is 31.2 Å². The van der Waals surface area contributed by atoms with Gasteiger partial charge in [-0.15, -0.1) is 0 Å². The summed E-state index contributed by atoms with van der Waals surface area (Å²) in [7, 11) is 0. The Labute approximate surface area is 224 Å². The molecule has 4 N–H and O–H groups in total. The lowest BCUT2D eigenvalue weighted by molar-refractivity contribution is -0.114. The van der Waals surface area contributed by atoms with E-state index in [9.17, 15) is 29.7 Å². The van der Waals surface area contributed by atoms with Crippen LogP contribution in [-0.4, -0.2) is 27.2 Å². The van der Waals surface area contributed by atoms with Gasteiger partial charge in [0.15, 0.2) is 5.43 Å². The predicted octanol–water partition coefficient (Wildman–Crippen LogP) is 5.59. The number of nitrogens with one attached hydrogen (secondary N) is 1. The van der Waals surface area contributed by atoms with E-state index in [1.807, 2.05) is 19.9 Å². The minimum absolute atomic E-state index is 0.0729. The highest BCUT2D eigenvalue weighted by atomic mass is 16.5. The molecule has 3 aromatic carbocycles. The molecular weight excluding hydrogens is 502 g/mol. The van der Waals surface area contributed by atoms with Crippen LogP contribution in [0.15, 0.2) is 81.5 Å². The number of allylic oxidation sites excluding steroid dienone is 2. The Morgan fingerprint density at radius 3 is 2.23 bits per heavy atom. The Balaban J connectivity index is 0.000000216. The number of phenolic OH excluding ortho intramolecular Hbond substituents is 3. The first-order chi connectivity index (χ1) is 18.5. The summed E-state index contributed by atoms with van der Waals surface area (Å²) < 4.78 is 10.5. The molecule has 1 amide bonds. The van der Waals surface area contributed by atoms with Gasteiger partial charge < -0.3 is 29.8 Å². The SMILES string of the molecule is CC(=O)Nc1ccc(OC(=O)c2ccccc2O)cc1.CC(C)=CCc1c(O)cc2oc(C)cc(=O)c2c1O. The number of fused-ring (bicyclic) bond motifs is 1. The Morgan fingerprint density at radius 2 is 1.62 bits per heavy atom. The summed E-state index contributed by atoms with van der Waals surface area (Å²) >= 11 is 0. The van der Waals surface area contributed by atoms with Crippen molar-refractivity contribution in [3.05, 3.63) is 99.4 Å². The van der Waals surface area contributed by atoms with Crippen LogP contribution in [0.25, 0.3) is 11.0 Å². The first-order valence-corrected chi connectivity index (χ1v) is 12.0. The van der Waals surface area contributed by atoms with Crippen molar-refractivity contribution in [3.63, 3.8) is 0 Å². The maximum Gasteiger partial charge on any atom is 0.347 e. The molecule has 0 radical (unpaired) electrons. The zero-order chi connectivity index (χ0) is 28.7. The molecule has 0 aliphatic heterocycles. The third-order valence-corrected chi connectivity index (χ3v) is 5.42. The monoisotopic (exact) mass is 531 g/mol. The summed E-state index contributed by atoms with van der Waals surface area (Å²) in [6, 6.07) is 15.2. The zero-order valence-electron chi connectivity index (χ0n) is 21.9. The highest BCUT2D eigenvalue weighted by molar-refractivity contribution is 5.94. The molecule has 0 unspecified atom stereocenters. The van der Waals surface area contributed by atoms with Gasteiger partial charge in [0.05, 0.1) is 0 Å². The number of aryl methyl sites for hydroxylation is 1. The summed E-state index contributed by atoms with van der Waals surface area (Å²) in [5.74, 6) is -0.468. The minimum Gasteiger partial charge on any atom is -0.507 e. The lowest BCUT2D eigenvalue weighted by Gasteiger charge is -2.08. The summed E-state index contributed by atoms with van der Waals surface area (Å²) in [5.41, 5.74) is 1.99. The number of ether oxygens (including phenoxy) is 1. The topological polar surface area (TPSA) is 146 Å². The number of carbonyl (C=O) groups excluding carboxylic acids is 2.